The average molecular weight is 211 g/mol. The van der Waals surface area contributed by atoms with Gasteiger partial charge in [-0.25, -0.2) is 0 Å². The van der Waals surface area contributed by atoms with Crippen LogP contribution >= 0.6 is 0 Å². The Hall–Kier alpha value is -0.790. The van der Waals surface area contributed by atoms with Gasteiger partial charge in [0, 0.05) is 13.0 Å². The summed E-state index contributed by atoms with van der Waals surface area (Å²) in [6.07, 6.45) is 6.55. The Balaban J connectivity index is 3.66. The van der Waals surface area contributed by atoms with Gasteiger partial charge in [0.15, 0.2) is 0 Å². The number of hydrogen-bond donors (Lipinski definition) is 1. The van der Waals surface area contributed by atoms with Crippen molar-refractivity contribution in [3.8, 4) is 0 Å². The molecule has 0 heterocycles. The minimum Gasteiger partial charge on any atom is -0.350 e. The number of carbonyl (C=O) groups excluding carboxylic acids is 1. The van der Waals surface area contributed by atoms with E-state index in [2.05, 4.69) is 38.2 Å². The zero-order valence-corrected chi connectivity index (χ0v) is 10.7. The lowest BCUT2D eigenvalue weighted by Gasteiger charge is -2.13. The summed E-state index contributed by atoms with van der Waals surface area (Å²) in [5.41, 5.74) is 0. The molecule has 0 saturated carbocycles. The molecule has 0 aromatic carbocycles. The fraction of sp³-hybridized carbons (Fsp3) is 0.769. The highest BCUT2D eigenvalue weighted by atomic mass is 16.1. The molecular formula is C13H25NO. The summed E-state index contributed by atoms with van der Waals surface area (Å²) in [6.45, 7) is 10.3. The van der Waals surface area contributed by atoms with Crippen LogP contribution in [0, 0.1) is 11.8 Å². The van der Waals surface area contributed by atoms with Gasteiger partial charge in [0.05, 0.1) is 0 Å². The van der Waals surface area contributed by atoms with Crippen LogP contribution in [0.3, 0.4) is 0 Å². The Kier molecular flexibility index (Phi) is 7.10. The second-order valence-electron chi connectivity index (χ2n) is 4.72. The first-order valence-electron chi connectivity index (χ1n) is 5.87. The minimum atomic E-state index is 0.0303. The second-order valence-corrected chi connectivity index (χ2v) is 4.72. The van der Waals surface area contributed by atoms with E-state index in [4.69, 9.17) is 0 Å². The van der Waals surface area contributed by atoms with E-state index >= 15 is 0 Å². The molecule has 0 aromatic rings. The van der Waals surface area contributed by atoms with Gasteiger partial charge in [-0.3, -0.25) is 4.79 Å². The van der Waals surface area contributed by atoms with Crippen LogP contribution in [0.25, 0.3) is 0 Å². The first kappa shape index (κ1) is 14.2. The highest BCUT2D eigenvalue weighted by molar-refractivity contribution is 5.73. The summed E-state index contributed by atoms with van der Waals surface area (Å²) in [6, 6.07) is 0.150. The van der Waals surface area contributed by atoms with Crippen molar-refractivity contribution in [2.75, 3.05) is 0 Å². The van der Waals surface area contributed by atoms with Crippen LogP contribution in [0.4, 0.5) is 0 Å². The third kappa shape index (κ3) is 8.22. The van der Waals surface area contributed by atoms with E-state index < -0.39 is 0 Å². The summed E-state index contributed by atoms with van der Waals surface area (Å²) >= 11 is 0. The molecule has 0 rings (SSSR count). The van der Waals surface area contributed by atoms with Gasteiger partial charge in [0.25, 0.3) is 0 Å². The van der Waals surface area contributed by atoms with Crippen molar-refractivity contribution in [2.24, 2.45) is 11.8 Å². The lowest BCUT2D eigenvalue weighted by Crippen LogP contribution is -2.28. The van der Waals surface area contributed by atoms with Crippen molar-refractivity contribution in [1.82, 2.24) is 5.32 Å². The maximum atomic E-state index is 10.7. The lowest BCUT2D eigenvalue weighted by molar-refractivity contribution is -0.119. The largest absolute Gasteiger partial charge is 0.350 e. The lowest BCUT2D eigenvalue weighted by atomic mass is 9.93. The summed E-state index contributed by atoms with van der Waals surface area (Å²) in [5, 5.41) is 2.83. The highest BCUT2D eigenvalue weighted by Gasteiger charge is 2.05. The molecule has 0 aromatic heterocycles. The molecule has 1 N–H and O–H groups in total. The van der Waals surface area contributed by atoms with Crippen molar-refractivity contribution in [3.63, 3.8) is 0 Å². The van der Waals surface area contributed by atoms with Gasteiger partial charge in [-0.05, 0) is 31.6 Å². The molecule has 2 unspecified atom stereocenters. The topological polar surface area (TPSA) is 29.1 Å². The number of allylic oxidation sites excluding steroid dienone is 1. The maximum Gasteiger partial charge on any atom is 0.217 e. The Morgan fingerprint density at radius 2 is 1.87 bits per heavy atom. The monoisotopic (exact) mass is 211 g/mol. The number of rotatable bonds is 6. The first-order chi connectivity index (χ1) is 6.93. The van der Waals surface area contributed by atoms with E-state index in [0.29, 0.717) is 0 Å². The Bertz CT molecular complexity index is 209. The van der Waals surface area contributed by atoms with Crippen LogP contribution < -0.4 is 5.32 Å². The molecule has 0 aliphatic carbocycles. The van der Waals surface area contributed by atoms with Crippen molar-refractivity contribution in [1.29, 1.82) is 0 Å². The van der Waals surface area contributed by atoms with Gasteiger partial charge >= 0.3 is 0 Å². The minimum absolute atomic E-state index is 0.0303. The van der Waals surface area contributed by atoms with Gasteiger partial charge in [-0.1, -0.05) is 32.9 Å². The molecular weight excluding hydrogens is 186 g/mol. The van der Waals surface area contributed by atoms with Gasteiger partial charge in [0.2, 0.25) is 5.91 Å². The molecule has 0 radical (unpaired) electrons. The van der Waals surface area contributed by atoms with Gasteiger partial charge < -0.3 is 5.32 Å². The van der Waals surface area contributed by atoms with Gasteiger partial charge in [-0.2, -0.15) is 0 Å². The standard InChI is InChI=1S/C13H25NO/c1-10(2)11(3)8-6-7-9-12(4)14-13(5)15/h7,9-12H,6,8H2,1-5H3,(H,14,15). The van der Waals surface area contributed by atoms with Crippen molar-refractivity contribution >= 4 is 5.91 Å². The molecule has 2 heteroatoms. The number of nitrogens with one attached hydrogen (secondary N) is 1. The number of amides is 1. The average Bonchev–Trinajstić information content (AvgIpc) is 2.10. The molecule has 15 heavy (non-hydrogen) atoms. The zero-order chi connectivity index (χ0) is 11.8. The summed E-state index contributed by atoms with van der Waals surface area (Å²) < 4.78 is 0. The van der Waals surface area contributed by atoms with Crippen molar-refractivity contribution < 1.29 is 4.79 Å². The third-order valence-electron chi connectivity index (χ3n) is 2.78. The normalized spacial score (nSPS) is 15.6. The summed E-state index contributed by atoms with van der Waals surface area (Å²) in [5.74, 6) is 1.56. The molecule has 0 saturated heterocycles. The van der Waals surface area contributed by atoms with Crippen LogP contribution in [-0.4, -0.2) is 11.9 Å². The molecule has 1 amide bonds. The van der Waals surface area contributed by atoms with E-state index in [0.717, 1.165) is 18.3 Å². The fourth-order valence-corrected chi connectivity index (χ4v) is 1.36. The number of hydrogen-bond acceptors (Lipinski definition) is 1. The van der Waals surface area contributed by atoms with Gasteiger partial charge in [-0.15, -0.1) is 0 Å². The molecule has 0 bridgehead atoms. The highest BCUT2D eigenvalue weighted by Crippen LogP contribution is 2.15. The molecule has 0 spiro atoms. The quantitative estimate of drug-likeness (QED) is 0.672. The smallest absolute Gasteiger partial charge is 0.217 e. The molecule has 2 nitrogen and oxygen atoms in total. The van der Waals surface area contributed by atoms with Crippen LogP contribution in [0.2, 0.25) is 0 Å². The van der Waals surface area contributed by atoms with Crippen molar-refractivity contribution in [3.05, 3.63) is 12.2 Å². The Morgan fingerprint density at radius 1 is 1.27 bits per heavy atom. The molecule has 0 aliphatic heterocycles. The predicted octanol–water partition coefficient (Wildman–Crippen LogP) is 3.14. The number of carbonyl (C=O) groups is 1. The molecule has 0 fully saturated rings. The fourth-order valence-electron chi connectivity index (χ4n) is 1.36. The Morgan fingerprint density at radius 3 is 2.33 bits per heavy atom. The van der Waals surface area contributed by atoms with E-state index in [-0.39, 0.29) is 11.9 Å². The van der Waals surface area contributed by atoms with E-state index in [9.17, 15) is 4.79 Å². The van der Waals surface area contributed by atoms with E-state index in [1.54, 1.807) is 6.92 Å². The first-order valence-corrected chi connectivity index (χ1v) is 5.87. The maximum absolute atomic E-state index is 10.7. The third-order valence-corrected chi connectivity index (χ3v) is 2.78. The predicted molar refractivity (Wildman–Crippen MR) is 65.7 cm³/mol. The SMILES string of the molecule is CC(=O)NC(C)C=CCCC(C)C(C)C. The Labute approximate surface area is 94.1 Å². The molecule has 0 aliphatic rings. The van der Waals surface area contributed by atoms with E-state index in [1.807, 2.05) is 6.92 Å². The molecule has 88 valence electrons. The van der Waals surface area contributed by atoms with Gasteiger partial charge in [0.1, 0.15) is 0 Å². The van der Waals surface area contributed by atoms with Crippen LogP contribution in [0.5, 0.6) is 0 Å². The molecule has 2 atom stereocenters. The van der Waals surface area contributed by atoms with Crippen LogP contribution in [-0.2, 0) is 4.79 Å². The van der Waals surface area contributed by atoms with Crippen molar-refractivity contribution in [2.45, 2.75) is 53.5 Å². The summed E-state index contributed by atoms with van der Waals surface area (Å²) in [4.78, 5) is 10.7. The zero-order valence-electron chi connectivity index (χ0n) is 10.7. The summed E-state index contributed by atoms with van der Waals surface area (Å²) in [7, 11) is 0. The van der Waals surface area contributed by atoms with Crippen LogP contribution in [0.1, 0.15) is 47.5 Å². The van der Waals surface area contributed by atoms with Crippen LogP contribution in [0.15, 0.2) is 12.2 Å². The van der Waals surface area contributed by atoms with E-state index in [1.165, 1.54) is 6.42 Å². The second kappa shape index (κ2) is 7.49.